The largest absolute Gasteiger partial charge is 0.422 e. The van der Waals surface area contributed by atoms with Crippen LogP contribution in [0.3, 0.4) is 0 Å². The molecule has 0 amide bonds. The van der Waals surface area contributed by atoms with E-state index in [1.165, 1.54) is 24.3 Å². The summed E-state index contributed by atoms with van der Waals surface area (Å²) in [6.45, 7) is 3.10. The molecule has 0 radical (unpaired) electrons. The number of para-hydroxylation sites is 1. The average Bonchev–Trinajstić information content (AvgIpc) is 3.06. The van der Waals surface area contributed by atoms with Crippen molar-refractivity contribution in [3.05, 3.63) is 48.3 Å². The second-order valence-corrected chi connectivity index (χ2v) is 7.72. The van der Waals surface area contributed by atoms with Gasteiger partial charge in [-0.3, -0.25) is 0 Å². The fourth-order valence-electron chi connectivity index (χ4n) is 2.88. The lowest BCUT2D eigenvalue weighted by Crippen LogP contribution is -2.43. The Bertz CT molecular complexity index is 1030. The van der Waals surface area contributed by atoms with Crippen molar-refractivity contribution < 1.29 is 17.2 Å². The molecule has 4 rings (SSSR count). The Hall–Kier alpha value is -2.45. The zero-order chi connectivity index (χ0) is 17.4. The Kier molecular flexibility index (Phi) is 3.93. The van der Waals surface area contributed by atoms with E-state index in [0.717, 1.165) is 32.2 Å². The minimum absolute atomic E-state index is 0.00974. The lowest BCUT2D eigenvalue weighted by molar-refractivity contribution is 0.514. The second kappa shape index (κ2) is 6.12. The minimum Gasteiger partial charge on any atom is -0.422 e. The van der Waals surface area contributed by atoms with Gasteiger partial charge >= 0.3 is 0 Å². The first-order chi connectivity index (χ1) is 12.1. The van der Waals surface area contributed by atoms with Gasteiger partial charge in [0.15, 0.2) is 5.58 Å². The van der Waals surface area contributed by atoms with Gasteiger partial charge in [0.1, 0.15) is 16.2 Å². The number of nitrogens with one attached hydrogen (secondary N) is 1. The fraction of sp³-hybridized carbons (Fsp3) is 0.235. The average molecular weight is 361 g/mol. The third kappa shape index (κ3) is 2.87. The Morgan fingerprint density at radius 1 is 1.12 bits per heavy atom. The van der Waals surface area contributed by atoms with Crippen molar-refractivity contribution in [2.45, 2.75) is 9.79 Å². The van der Waals surface area contributed by atoms with Crippen molar-refractivity contribution in [1.29, 1.82) is 0 Å². The van der Waals surface area contributed by atoms with Crippen LogP contribution in [0.25, 0.3) is 11.1 Å². The molecule has 0 bridgehead atoms. The van der Waals surface area contributed by atoms with Crippen molar-refractivity contribution in [3.8, 4) is 0 Å². The highest BCUT2D eigenvalue weighted by Crippen LogP contribution is 2.31. The Morgan fingerprint density at radius 3 is 2.64 bits per heavy atom. The number of fused-ring (bicyclic) bond motifs is 1. The lowest BCUT2D eigenvalue weighted by atomic mass is 10.3. The smallest absolute Gasteiger partial charge is 0.298 e. The number of hydrogen-bond donors (Lipinski definition) is 1. The molecule has 1 N–H and O–H groups in total. The molecule has 3 aromatic rings. The molecule has 8 heteroatoms. The van der Waals surface area contributed by atoms with Crippen LogP contribution >= 0.6 is 0 Å². The van der Waals surface area contributed by atoms with Crippen LogP contribution in [0.1, 0.15) is 0 Å². The molecule has 1 aliphatic heterocycles. The Morgan fingerprint density at radius 2 is 1.88 bits per heavy atom. The Balaban J connectivity index is 1.83. The molecular formula is C17H16FN3O3S. The molecule has 0 unspecified atom stereocenters. The van der Waals surface area contributed by atoms with Crippen LogP contribution in [0.2, 0.25) is 0 Å². The van der Waals surface area contributed by atoms with E-state index in [1.807, 2.05) is 4.90 Å². The zero-order valence-corrected chi connectivity index (χ0v) is 14.1. The molecule has 1 aromatic heterocycles. The highest BCUT2D eigenvalue weighted by atomic mass is 32.2. The first kappa shape index (κ1) is 16.0. The minimum atomic E-state index is -3.91. The van der Waals surface area contributed by atoms with Crippen LogP contribution in [0.15, 0.2) is 56.7 Å². The molecule has 0 atom stereocenters. The van der Waals surface area contributed by atoms with Crippen LogP contribution in [0.4, 0.5) is 10.4 Å². The van der Waals surface area contributed by atoms with Gasteiger partial charge in [0.2, 0.25) is 9.84 Å². The van der Waals surface area contributed by atoms with Crippen LogP contribution < -0.4 is 10.2 Å². The van der Waals surface area contributed by atoms with Crippen molar-refractivity contribution in [2.24, 2.45) is 0 Å². The topological polar surface area (TPSA) is 75.4 Å². The van der Waals surface area contributed by atoms with Crippen LogP contribution in [-0.2, 0) is 9.84 Å². The van der Waals surface area contributed by atoms with Gasteiger partial charge in [-0.2, -0.15) is 4.98 Å². The van der Waals surface area contributed by atoms with E-state index >= 15 is 0 Å². The third-order valence-corrected chi connectivity index (χ3v) is 5.93. The number of hydrogen-bond acceptors (Lipinski definition) is 6. The van der Waals surface area contributed by atoms with Crippen molar-refractivity contribution in [1.82, 2.24) is 10.3 Å². The van der Waals surface area contributed by atoms with E-state index in [2.05, 4.69) is 10.3 Å². The summed E-state index contributed by atoms with van der Waals surface area (Å²) in [4.78, 5) is 6.26. The normalized spacial score (nSPS) is 15.6. The maximum atomic E-state index is 13.5. The molecule has 1 fully saturated rings. The van der Waals surface area contributed by atoms with Crippen LogP contribution in [0.5, 0.6) is 0 Å². The molecule has 1 aliphatic rings. The fourth-order valence-corrected chi connectivity index (χ4v) is 4.30. The van der Waals surface area contributed by atoms with Gasteiger partial charge in [0, 0.05) is 26.2 Å². The number of nitrogens with zero attached hydrogens (tertiary/aromatic N) is 2. The number of anilines is 1. The summed E-state index contributed by atoms with van der Waals surface area (Å²) in [5.74, 6) is -0.604. The van der Waals surface area contributed by atoms with Gasteiger partial charge < -0.3 is 14.6 Å². The van der Waals surface area contributed by atoms with E-state index in [4.69, 9.17) is 4.42 Å². The summed E-state index contributed by atoms with van der Waals surface area (Å²) >= 11 is 0. The number of sulfone groups is 1. The second-order valence-electron chi connectivity index (χ2n) is 5.80. The molecule has 6 nitrogen and oxygen atoms in total. The highest BCUT2D eigenvalue weighted by Gasteiger charge is 2.25. The standard InChI is InChI=1S/C17H16FN3O3S/c18-12-3-1-4-13(11-12)25(22,23)15-6-2-5-14-16(15)24-17(20-14)21-9-7-19-8-10-21/h1-6,11,19H,7-10H2. The van der Waals surface area contributed by atoms with Gasteiger partial charge in [-0.1, -0.05) is 12.1 Å². The molecule has 0 saturated carbocycles. The highest BCUT2D eigenvalue weighted by molar-refractivity contribution is 7.91. The molecule has 0 spiro atoms. The quantitative estimate of drug-likeness (QED) is 0.771. The van der Waals surface area contributed by atoms with Gasteiger partial charge in [0.25, 0.3) is 6.01 Å². The first-order valence-electron chi connectivity index (χ1n) is 7.91. The number of oxazole rings is 1. The summed E-state index contributed by atoms with van der Waals surface area (Å²) < 4.78 is 45.1. The summed E-state index contributed by atoms with van der Waals surface area (Å²) in [6, 6.07) is 10.1. The number of halogens is 1. The zero-order valence-electron chi connectivity index (χ0n) is 13.3. The van der Waals surface area contributed by atoms with E-state index in [0.29, 0.717) is 11.5 Å². The summed E-state index contributed by atoms with van der Waals surface area (Å²) in [7, 11) is -3.91. The van der Waals surface area contributed by atoms with Gasteiger partial charge in [0.05, 0.1) is 4.90 Å². The number of rotatable bonds is 3. The number of benzene rings is 2. The molecule has 2 aromatic carbocycles. The maximum Gasteiger partial charge on any atom is 0.298 e. The molecule has 1 saturated heterocycles. The SMILES string of the molecule is O=S(=O)(c1cccc(F)c1)c1cccc2nc(N3CCNCC3)oc12. The van der Waals surface area contributed by atoms with Crippen LogP contribution in [0, 0.1) is 5.82 Å². The number of aromatic nitrogens is 1. The molecule has 25 heavy (non-hydrogen) atoms. The lowest BCUT2D eigenvalue weighted by Gasteiger charge is -2.25. The summed E-state index contributed by atoms with van der Waals surface area (Å²) in [5, 5.41) is 3.24. The van der Waals surface area contributed by atoms with E-state index in [-0.39, 0.29) is 15.4 Å². The van der Waals surface area contributed by atoms with Crippen LogP contribution in [-0.4, -0.2) is 39.6 Å². The predicted molar refractivity (Wildman–Crippen MR) is 90.9 cm³/mol. The monoisotopic (exact) mass is 361 g/mol. The third-order valence-electron chi connectivity index (χ3n) is 4.15. The van der Waals surface area contributed by atoms with Crippen molar-refractivity contribution >= 4 is 27.0 Å². The molecule has 2 heterocycles. The number of piperazine rings is 1. The maximum absolute atomic E-state index is 13.5. The Labute approximate surface area is 144 Å². The van der Waals surface area contributed by atoms with Gasteiger partial charge in [-0.05, 0) is 30.3 Å². The van der Waals surface area contributed by atoms with Crippen molar-refractivity contribution in [2.75, 3.05) is 31.1 Å². The van der Waals surface area contributed by atoms with Gasteiger partial charge in [-0.25, -0.2) is 12.8 Å². The van der Waals surface area contributed by atoms with Gasteiger partial charge in [-0.15, -0.1) is 0 Å². The van der Waals surface area contributed by atoms with Crippen molar-refractivity contribution in [3.63, 3.8) is 0 Å². The molecular weight excluding hydrogens is 345 g/mol. The first-order valence-corrected chi connectivity index (χ1v) is 9.40. The summed E-state index contributed by atoms with van der Waals surface area (Å²) in [6.07, 6.45) is 0. The van der Waals surface area contributed by atoms with E-state index in [1.54, 1.807) is 12.1 Å². The van der Waals surface area contributed by atoms with E-state index < -0.39 is 15.7 Å². The molecule has 130 valence electrons. The van der Waals surface area contributed by atoms with E-state index in [9.17, 15) is 12.8 Å². The predicted octanol–water partition coefficient (Wildman–Crippen LogP) is 2.21. The molecule has 0 aliphatic carbocycles. The summed E-state index contributed by atoms with van der Waals surface area (Å²) in [5.41, 5.74) is 0.659.